The van der Waals surface area contributed by atoms with Crippen LogP contribution in [0.4, 0.5) is 0 Å². The van der Waals surface area contributed by atoms with Crippen molar-refractivity contribution in [3.63, 3.8) is 0 Å². The molecule has 0 N–H and O–H groups in total. The van der Waals surface area contributed by atoms with Crippen molar-refractivity contribution in [2.24, 2.45) is 22.0 Å². The summed E-state index contributed by atoms with van der Waals surface area (Å²) in [6.07, 6.45) is -0.0577. The van der Waals surface area contributed by atoms with E-state index in [1.807, 2.05) is 24.3 Å². The van der Waals surface area contributed by atoms with E-state index in [2.05, 4.69) is 5.29 Å². The molecular weight excluding hydrogens is 270 g/mol. The third-order valence-corrected chi connectivity index (χ3v) is 4.11. The minimum atomic E-state index is -1.64. The van der Waals surface area contributed by atoms with Gasteiger partial charge in [-0.3, -0.25) is 0 Å². The van der Waals surface area contributed by atoms with Gasteiger partial charge in [0.2, 0.25) is 0 Å². The highest BCUT2D eigenvalue weighted by Gasteiger charge is 2.58. The molecule has 0 aromatic rings. The van der Waals surface area contributed by atoms with Gasteiger partial charge in [0, 0.05) is 20.5 Å². The summed E-state index contributed by atoms with van der Waals surface area (Å²) in [5.74, 6) is -0.392. The van der Waals surface area contributed by atoms with Crippen LogP contribution >= 0.6 is 0 Å². The van der Waals surface area contributed by atoms with Gasteiger partial charge in [0.25, 0.3) is 0 Å². The molecule has 0 aromatic carbocycles. The molecule has 0 heterocycles. The molecule has 1 aliphatic carbocycles. The molecule has 8 heteroatoms. The first-order chi connectivity index (χ1) is 9.86. The van der Waals surface area contributed by atoms with Gasteiger partial charge in [-0.2, -0.15) is 26.2 Å². The molecule has 1 saturated carbocycles. The Hall–Kier alpha value is -2.68. The molecule has 0 aliphatic heterocycles. The first-order valence-electron chi connectivity index (χ1n) is 6.31. The van der Waals surface area contributed by atoms with E-state index >= 15 is 0 Å². The smallest absolute Gasteiger partial charge is 0.169 e. The number of nitroso groups, excluding NO2 is 1. The van der Waals surface area contributed by atoms with Gasteiger partial charge < -0.3 is 0 Å². The van der Waals surface area contributed by atoms with E-state index in [0.717, 1.165) is 5.12 Å². The molecule has 108 valence electrons. The van der Waals surface area contributed by atoms with Gasteiger partial charge in [-0.1, -0.05) is 6.92 Å². The van der Waals surface area contributed by atoms with Gasteiger partial charge in [-0.05, 0) is 12.3 Å². The van der Waals surface area contributed by atoms with E-state index in [4.69, 9.17) is 0 Å². The number of nitrogens with zero attached hydrogens (tertiary/aromatic N) is 7. The maximum absolute atomic E-state index is 11.1. The minimum Gasteiger partial charge on any atom is -0.208 e. The fourth-order valence-corrected chi connectivity index (χ4v) is 2.75. The molecule has 0 amide bonds. The van der Waals surface area contributed by atoms with Crippen LogP contribution in [0.3, 0.4) is 0 Å². The van der Waals surface area contributed by atoms with Crippen LogP contribution < -0.4 is 0 Å². The van der Waals surface area contributed by atoms with Gasteiger partial charge in [0.1, 0.15) is 11.5 Å². The van der Waals surface area contributed by atoms with Gasteiger partial charge in [0.15, 0.2) is 5.41 Å². The van der Waals surface area contributed by atoms with Crippen LogP contribution in [0.25, 0.3) is 0 Å². The van der Waals surface area contributed by atoms with Crippen LogP contribution in [-0.2, 0) is 0 Å². The summed E-state index contributed by atoms with van der Waals surface area (Å²) in [7, 11) is 3.14. The van der Waals surface area contributed by atoms with Crippen molar-refractivity contribution in [1.82, 2.24) is 10.1 Å². The molecule has 21 heavy (non-hydrogen) atoms. The Morgan fingerprint density at radius 3 is 1.86 bits per heavy atom. The summed E-state index contributed by atoms with van der Waals surface area (Å²) in [6.45, 7) is 1.71. The largest absolute Gasteiger partial charge is 0.208 e. The van der Waals surface area contributed by atoms with Crippen LogP contribution in [0, 0.1) is 67.0 Å². The highest BCUT2D eigenvalue weighted by Crippen LogP contribution is 2.50. The molecule has 0 aromatic heterocycles. The summed E-state index contributed by atoms with van der Waals surface area (Å²) in [5, 5.41) is 42.9. The van der Waals surface area contributed by atoms with Crippen LogP contribution in [0.2, 0.25) is 0 Å². The van der Waals surface area contributed by atoms with E-state index in [9.17, 15) is 26.0 Å². The van der Waals surface area contributed by atoms with Crippen LogP contribution in [0.15, 0.2) is 5.29 Å². The standard InChI is InChI=1S/C13H15N7O/c1-10-4-11(20(18-21)19(2)3)13(8-16,9-17)5-12(10,6-14)7-15/h10-11H,4-5H2,1-3H3/t10-,11-/m1/s1. The van der Waals surface area contributed by atoms with E-state index in [0.29, 0.717) is 0 Å². The second-order valence-electron chi connectivity index (χ2n) is 5.47. The molecule has 8 nitrogen and oxygen atoms in total. The zero-order valence-corrected chi connectivity index (χ0v) is 12.1. The monoisotopic (exact) mass is 285 g/mol. The maximum Gasteiger partial charge on any atom is 0.169 e. The fourth-order valence-electron chi connectivity index (χ4n) is 2.75. The molecule has 0 saturated heterocycles. The van der Waals surface area contributed by atoms with Crippen LogP contribution in [0.5, 0.6) is 0 Å². The summed E-state index contributed by atoms with van der Waals surface area (Å²) in [4.78, 5) is 11.1. The van der Waals surface area contributed by atoms with Gasteiger partial charge >= 0.3 is 0 Å². The zero-order valence-electron chi connectivity index (χ0n) is 12.1. The van der Waals surface area contributed by atoms with Crippen molar-refractivity contribution in [1.29, 1.82) is 21.0 Å². The Morgan fingerprint density at radius 2 is 1.52 bits per heavy atom. The average molecular weight is 285 g/mol. The predicted molar refractivity (Wildman–Crippen MR) is 70.8 cm³/mol. The molecule has 0 spiro atoms. The number of hydrogen-bond acceptors (Lipinski definition) is 7. The number of hydrogen-bond donors (Lipinski definition) is 0. The molecule has 0 radical (unpaired) electrons. The highest BCUT2D eigenvalue weighted by atomic mass is 16.3. The summed E-state index contributed by atoms with van der Waals surface area (Å²) in [5.41, 5.74) is -3.06. The maximum atomic E-state index is 11.1. The van der Waals surface area contributed by atoms with Gasteiger partial charge in [0.05, 0.1) is 29.6 Å². The Labute approximate surface area is 123 Å². The Bertz CT molecular complexity index is 558. The van der Waals surface area contributed by atoms with Crippen molar-refractivity contribution in [2.75, 3.05) is 14.1 Å². The molecule has 2 atom stereocenters. The van der Waals surface area contributed by atoms with E-state index in [1.54, 1.807) is 21.0 Å². The molecule has 0 unspecified atom stereocenters. The van der Waals surface area contributed by atoms with Gasteiger partial charge in [-0.15, -0.1) is 4.91 Å². The zero-order chi connectivity index (χ0) is 16.3. The topological polar surface area (TPSA) is 131 Å². The lowest BCUT2D eigenvalue weighted by Gasteiger charge is -2.46. The summed E-state index contributed by atoms with van der Waals surface area (Å²) >= 11 is 0. The number of hydrazine groups is 1. The van der Waals surface area contributed by atoms with Crippen molar-refractivity contribution >= 4 is 0 Å². The first kappa shape index (κ1) is 16.4. The molecule has 1 rings (SSSR count). The summed E-state index contributed by atoms with van der Waals surface area (Å²) in [6, 6.07) is 6.88. The minimum absolute atomic E-state index is 0.173. The summed E-state index contributed by atoms with van der Waals surface area (Å²) < 4.78 is 0. The second kappa shape index (κ2) is 5.75. The molecular formula is C13H15N7O. The van der Waals surface area contributed by atoms with Crippen molar-refractivity contribution in [2.45, 2.75) is 25.8 Å². The van der Waals surface area contributed by atoms with Crippen molar-refractivity contribution in [3.05, 3.63) is 4.91 Å². The SMILES string of the molecule is C[C@@H]1C[C@@H](N(N=O)N(C)C)C(C#N)(C#N)CC1(C#N)C#N. The number of nitriles is 4. The third kappa shape index (κ3) is 2.38. The predicted octanol–water partition coefficient (Wildman–Crippen LogP) is 1.31. The normalized spacial score (nSPS) is 25.7. The lowest BCUT2D eigenvalue weighted by molar-refractivity contribution is -0.0802. The first-order valence-corrected chi connectivity index (χ1v) is 6.31. The Kier molecular flexibility index (Phi) is 4.48. The second-order valence-corrected chi connectivity index (χ2v) is 5.47. The van der Waals surface area contributed by atoms with Crippen molar-refractivity contribution in [3.8, 4) is 24.3 Å². The third-order valence-electron chi connectivity index (χ3n) is 4.11. The number of rotatable bonds is 3. The van der Waals surface area contributed by atoms with Crippen molar-refractivity contribution < 1.29 is 0 Å². The molecule has 1 aliphatic rings. The lowest BCUT2D eigenvalue weighted by Crippen LogP contribution is -2.56. The lowest BCUT2D eigenvalue weighted by atomic mass is 9.57. The molecule has 0 bridgehead atoms. The van der Waals surface area contributed by atoms with E-state index in [-0.39, 0.29) is 12.8 Å². The average Bonchev–Trinajstić information content (AvgIpc) is 2.49. The van der Waals surface area contributed by atoms with E-state index < -0.39 is 22.8 Å². The Morgan fingerprint density at radius 1 is 1.05 bits per heavy atom. The Balaban J connectivity index is 3.41. The molecule has 1 fully saturated rings. The van der Waals surface area contributed by atoms with Crippen LogP contribution in [0.1, 0.15) is 19.8 Å². The highest BCUT2D eigenvalue weighted by molar-refractivity contribution is 5.30. The quantitative estimate of drug-likeness (QED) is 0.564. The fraction of sp³-hybridized carbons (Fsp3) is 0.692. The van der Waals surface area contributed by atoms with E-state index in [1.165, 1.54) is 5.01 Å². The van der Waals surface area contributed by atoms with Crippen LogP contribution in [-0.4, -0.2) is 30.3 Å². The van der Waals surface area contributed by atoms with Gasteiger partial charge in [-0.25, -0.2) is 5.01 Å².